The lowest BCUT2D eigenvalue weighted by Gasteiger charge is -2.24. The molecule has 0 spiro atoms. The number of hydrogen-bond donors (Lipinski definition) is 1. The van der Waals surface area contributed by atoms with E-state index in [0.717, 1.165) is 16.8 Å². The zero-order valence-electron chi connectivity index (χ0n) is 14.8. The first-order valence-electron chi connectivity index (χ1n) is 8.53. The summed E-state index contributed by atoms with van der Waals surface area (Å²) in [7, 11) is 0. The van der Waals surface area contributed by atoms with Gasteiger partial charge in [0.1, 0.15) is 0 Å². The summed E-state index contributed by atoms with van der Waals surface area (Å²) in [5.74, 6) is -0.410. The summed E-state index contributed by atoms with van der Waals surface area (Å²) in [4.78, 5) is 17.1. The molecule has 0 aliphatic carbocycles. The van der Waals surface area contributed by atoms with Gasteiger partial charge in [0.2, 0.25) is 0 Å². The van der Waals surface area contributed by atoms with Gasteiger partial charge in [0.15, 0.2) is 5.75 Å². The number of hydrogen-bond acceptors (Lipinski definition) is 3. The van der Waals surface area contributed by atoms with E-state index in [0.29, 0.717) is 29.6 Å². The third-order valence-corrected chi connectivity index (χ3v) is 5.03. The second-order valence-corrected chi connectivity index (χ2v) is 6.63. The number of pyridine rings is 1. The van der Waals surface area contributed by atoms with Crippen molar-refractivity contribution in [2.75, 3.05) is 11.4 Å². The topological polar surface area (TPSA) is 45.3 Å². The van der Waals surface area contributed by atoms with Crippen molar-refractivity contribution in [1.82, 2.24) is 4.98 Å². The number of alkyl halides is 3. The number of H-pyrrole nitrogens is 1. The molecule has 1 aliphatic heterocycles. The van der Waals surface area contributed by atoms with E-state index in [1.54, 1.807) is 6.07 Å². The highest BCUT2D eigenvalue weighted by atomic mass is 19.4. The molecule has 0 unspecified atom stereocenters. The Bertz CT molecular complexity index is 1100. The van der Waals surface area contributed by atoms with E-state index >= 15 is 0 Å². The molecule has 140 valence electrons. The van der Waals surface area contributed by atoms with Crippen LogP contribution in [-0.4, -0.2) is 17.9 Å². The number of para-hydroxylation sites is 1. The molecule has 0 amide bonds. The van der Waals surface area contributed by atoms with E-state index in [9.17, 15) is 18.0 Å². The summed E-state index contributed by atoms with van der Waals surface area (Å²) in [5.41, 5.74) is 4.02. The number of aromatic nitrogens is 1. The van der Waals surface area contributed by atoms with Crippen molar-refractivity contribution < 1.29 is 17.9 Å². The number of nitrogens with zero attached hydrogens (tertiary/aromatic N) is 1. The Balaban J connectivity index is 1.97. The molecule has 3 aromatic rings. The van der Waals surface area contributed by atoms with Gasteiger partial charge in [-0.05, 0) is 43.5 Å². The van der Waals surface area contributed by atoms with Gasteiger partial charge in [0.25, 0.3) is 5.56 Å². The van der Waals surface area contributed by atoms with Gasteiger partial charge >= 0.3 is 6.36 Å². The maximum Gasteiger partial charge on any atom is 0.573 e. The monoisotopic (exact) mass is 374 g/mol. The first kappa shape index (κ1) is 17.5. The van der Waals surface area contributed by atoms with Crippen molar-refractivity contribution in [3.05, 3.63) is 63.4 Å². The van der Waals surface area contributed by atoms with Crippen LogP contribution in [0.3, 0.4) is 0 Å². The maximum atomic E-state index is 12.8. The van der Waals surface area contributed by atoms with Crippen LogP contribution < -0.4 is 15.2 Å². The molecule has 4 nitrogen and oxygen atoms in total. The van der Waals surface area contributed by atoms with Gasteiger partial charge in [-0.2, -0.15) is 0 Å². The Morgan fingerprint density at radius 2 is 1.85 bits per heavy atom. The van der Waals surface area contributed by atoms with Gasteiger partial charge in [-0.25, -0.2) is 0 Å². The molecule has 0 fully saturated rings. The second-order valence-electron chi connectivity index (χ2n) is 6.63. The summed E-state index contributed by atoms with van der Waals surface area (Å²) in [5, 5.41) is 0.532. The number of benzene rings is 2. The SMILES string of the molecule is Cc1cccc(N2CCc3c2c2cccc(OC(F)(F)F)c2[nH]c3=O)c1C. The molecule has 7 heteroatoms. The van der Waals surface area contributed by atoms with Crippen molar-refractivity contribution in [3.63, 3.8) is 0 Å². The lowest BCUT2D eigenvalue weighted by atomic mass is 10.1. The fourth-order valence-electron chi connectivity index (χ4n) is 3.67. The van der Waals surface area contributed by atoms with Gasteiger partial charge in [-0.3, -0.25) is 4.79 Å². The van der Waals surface area contributed by atoms with E-state index in [1.165, 1.54) is 12.1 Å². The molecule has 0 radical (unpaired) electrons. The number of fused-ring (bicyclic) bond motifs is 3. The minimum absolute atomic E-state index is 0.0516. The lowest BCUT2D eigenvalue weighted by molar-refractivity contribution is -0.274. The van der Waals surface area contributed by atoms with E-state index in [2.05, 4.69) is 9.72 Å². The van der Waals surface area contributed by atoms with Crippen LogP contribution in [0.2, 0.25) is 0 Å². The Kier molecular flexibility index (Phi) is 3.91. The summed E-state index contributed by atoms with van der Waals surface area (Å²) in [6, 6.07) is 10.3. The summed E-state index contributed by atoms with van der Waals surface area (Å²) in [6.45, 7) is 4.59. The molecular weight excluding hydrogens is 357 g/mol. The van der Waals surface area contributed by atoms with Gasteiger partial charge in [0, 0.05) is 23.2 Å². The molecule has 0 saturated heterocycles. The smallest absolute Gasteiger partial charge is 0.404 e. The number of aryl methyl sites for hydroxylation is 1. The molecule has 1 aromatic heterocycles. The van der Waals surface area contributed by atoms with Crippen molar-refractivity contribution in [2.24, 2.45) is 0 Å². The normalized spacial score (nSPS) is 13.9. The van der Waals surface area contributed by atoms with Gasteiger partial charge in [-0.15, -0.1) is 13.2 Å². The third-order valence-electron chi connectivity index (χ3n) is 5.03. The highest BCUT2D eigenvalue weighted by Crippen LogP contribution is 2.41. The van der Waals surface area contributed by atoms with Crippen LogP contribution in [0, 0.1) is 13.8 Å². The Morgan fingerprint density at radius 3 is 2.59 bits per heavy atom. The Labute approximate surface area is 153 Å². The van der Waals surface area contributed by atoms with Crippen LogP contribution in [0.1, 0.15) is 16.7 Å². The molecule has 1 aliphatic rings. The predicted octanol–water partition coefficient (Wildman–Crippen LogP) is 4.74. The van der Waals surface area contributed by atoms with Crippen LogP contribution in [0.5, 0.6) is 5.75 Å². The fraction of sp³-hybridized carbons (Fsp3) is 0.250. The molecule has 0 bridgehead atoms. The molecule has 4 rings (SSSR count). The number of aromatic amines is 1. The maximum absolute atomic E-state index is 12.8. The first-order valence-corrected chi connectivity index (χ1v) is 8.53. The quantitative estimate of drug-likeness (QED) is 0.705. The summed E-state index contributed by atoms with van der Waals surface area (Å²) < 4.78 is 42.4. The Morgan fingerprint density at radius 1 is 1.11 bits per heavy atom. The van der Waals surface area contributed by atoms with E-state index < -0.39 is 12.1 Å². The fourth-order valence-corrected chi connectivity index (χ4v) is 3.67. The molecule has 2 aromatic carbocycles. The average molecular weight is 374 g/mol. The zero-order chi connectivity index (χ0) is 19.3. The summed E-state index contributed by atoms with van der Waals surface area (Å²) in [6.07, 6.45) is -4.31. The minimum Gasteiger partial charge on any atom is -0.404 e. The van der Waals surface area contributed by atoms with Crippen LogP contribution >= 0.6 is 0 Å². The van der Waals surface area contributed by atoms with Gasteiger partial charge < -0.3 is 14.6 Å². The van der Waals surface area contributed by atoms with Crippen molar-refractivity contribution >= 4 is 22.3 Å². The van der Waals surface area contributed by atoms with Crippen LogP contribution in [-0.2, 0) is 6.42 Å². The average Bonchev–Trinajstić information content (AvgIpc) is 3.03. The van der Waals surface area contributed by atoms with E-state index in [-0.39, 0.29) is 11.1 Å². The van der Waals surface area contributed by atoms with E-state index in [1.807, 2.05) is 36.9 Å². The molecule has 1 N–H and O–H groups in total. The van der Waals surface area contributed by atoms with Gasteiger partial charge in [0.05, 0.1) is 11.2 Å². The first-order chi connectivity index (χ1) is 12.8. The van der Waals surface area contributed by atoms with Gasteiger partial charge in [-0.1, -0.05) is 24.3 Å². The number of ether oxygens (including phenoxy) is 1. The molecule has 27 heavy (non-hydrogen) atoms. The van der Waals surface area contributed by atoms with Crippen molar-refractivity contribution in [2.45, 2.75) is 26.6 Å². The molecular formula is C20H17F3N2O2. The minimum atomic E-state index is -4.84. The van der Waals surface area contributed by atoms with Crippen molar-refractivity contribution in [3.8, 4) is 5.75 Å². The number of nitrogens with one attached hydrogen (secondary N) is 1. The standard InChI is InChI=1S/C20H17F3N2O2/c1-11-5-3-7-15(12(11)2)25-10-9-14-18(25)13-6-4-8-16(27-20(21,22)23)17(13)24-19(14)26/h3-8H,9-10H2,1-2H3,(H,24,26). The Hall–Kier alpha value is -2.96. The molecule has 0 atom stereocenters. The van der Waals surface area contributed by atoms with Crippen molar-refractivity contribution in [1.29, 1.82) is 0 Å². The highest BCUT2D eigenvalue weighted by Gasteiger charge is 2.33. The van der Waals surface area contributed by atoms with Crippen LogP contribution in [0.15, 0.2) is 41.2 Å². The number of halogens is 3. The van der Waals surface area contributed by atoms with E-state index in [4.69, 9.17) is 0 Å². The molecule has 0 saturated carbocycles. The highest BCUT2D eigenvalue weighted by molar-refractivity contribution is 5.99. The second kappa shape index (κ2) is 6.04. The lowest BCUT2D eigenvalue weighted by Crippen LogP contribution is -2.19. The zero-order valence-corrected chi connectivity index (χ0v) is 14.8. The number of rotatable bonds is 2. The molecule has 2 heterocycles. The largest absolute Gasteiger partial charge is 0.573 e. The van der Waals surface area contributed by atoms with Crippen LogP contribution in [0.4, 0.5) is 24.5 Å². The third kappa shape index (κ3) is 2.93. The van der Waals surface area contributed by atoms with Crippen LogP contribution in [0.25, 0.3) is 10.9 Å². The number of anilines is 2. The summed E-state index contributed by atoms with van der Waals surface area (Å²) >= 11 is 0. The predicted molar refractivity (Wildman–Crippen MR) is 97.9 cm³/mol.